The standard InChI is InChI=1S/C9H14N2O2/c1-4-7(10)8(5-2)11-9(12)13-6-3/h5,10H,2,4,6H2,1,3H3. The number of aliphatic imine (C=N–C) groups is 1. The van der Waals surface area contributed by atoms with Crippen LogP contribution < -0.4 is 0 Å². The van der Waals surface area contributed by atoms with Crippen LogP contribution in [0.4, 0.5) is 4.79 Å². The normalized spacial score (nSPS) is 10.8. The highest BCUT2D eigenvalue weighted by Gasteiger charge is 2.04. The van der Waals surface area contributed by atoms with Crippen molar-refractivity contribution in [2.75, 3.05) is 6.61 Å². The quantitative estimate of drug-likeness (QED) is 0.677. The fourth-order valence-electron chi connectivity index (χ4n) is 0.672. The molecule has 13 heavy (non-hydrogen) atoms. The summed E-state index contributed by atoms with van der Waals surface area (Å²) in [6.45, 7) is 7.26. The van der Waals surface area contributed by atoms with E-state index in [2.05, 4.69) is 16.3 Å². The van der Waals surface area contributed by atoms with Crippen LogP contribution in [0.2, 0.25) is 0 Å². The lowest BCUT2D eigenvalue weighted by Gasteiger charge is -2.00. The Morgan fingerprint density at radius 1 is 1.62 bits per heavy atom. The molecule has 0 radical (unpaired) electrons. The van der Waals surface area contributed by atoms with Crippen molar-refractivity contribution in [2.45, 2.75) is 20.3 Å². The average Bonchev–Trinajstić information content (AvgIpc) is 2.13. The van der Waals surface area contributed by atoms with Gasteiger partial charge in [-0.25, -0.2) is 4.79 Å². The molecule has 0 aliphatic heterocycles. The first-order chi connectivity index (χ1) is 6.15. The molecule has 0 aromatic carbocycles. The molecule has 0 saturated carbocycles. The van der Waals surface area contributed by atoms with Gasteiger partial charge in [-0.3, -0.25) is 0 Å². The molecule has 4 nitrogen and oxygen atoms in total. The van der Waals surface area contributed by atoms with Gasteiger partial charge < -0.3 is 10.1 Å². The molecule has 1 amide bonds. The summed E-state index contributed by atoms with van der Waals surface area (Å²) in [6.07, 6.45) is 1.23. The van der Waals surface area contributed by atoms with E-state index in [4.69, 9.17) is 5.41 Å². The molecule has 1 N–H and O–H groups in total. The molecule has 0 aromatic heterocycles. The first kappa shape index (κ1) is 11.6. The molecule has 0 unspecified atom stereocenters. The van der Waals surface area contributed by atoms with Gasteiger partial charge in [0.25, 0.3) is 0 Å². The largest absolute Gasteiger partial charge is 0.448 e. The van der Waals surface area contributed by atoms with Crippen LogP contribution in [-0.4, -0.2) is 24.1 Å². The second-order valence-electron chi connectivity index (χ2n) is 2.23. The number of carbonyl (C=O) groups excluding carboxylic acids is 1. The average molecular weight is 182 g/mol. The van der Waals surface area contributed by atoms with Crippen LogP contribution >= 0.6 is 0 Å². The highest BCUT2D eigenvalue weighted by atomic mass is 16.5. The second kappa shape index (κ2) is 6.11. The fourth-order valence-corrected chi connectivity index (χ4v) is 0.672. The second-order valence-corrected chi connectivity index (χ2v) is 2.23. The molecule has 0 aromatic rings. The van der Waals surface area contributed by atoms with Gasteiger partial charge in [-0.1, -0.05) is 13.5 Å². The summed E-state index contributed by atoms with van der Waals surface area (Å²) in [6, 6.07) is 0. The number of hydrogen-bond acceptors (Lipinski definition) is 3. The van der Waals surface area contributed by atoms with E-state index in [1.54, 1.807) is 6.92 Å². The van der Waals surface area contributed by atoms with Crippen LogP contribution in [0.5, 0.6) is 0 Å². The Morgan fingerprint density at radius 2 is 2.23 bits per heavy atom. The van der Waals surface area contributed by atoms with Crippen molar-refractivity contribution in [3.63, 3.8) is 0 Å². The van der Waals surface area contributed by atoms with E-state index in [1.807, 2.05) is 6.92 Å². The van der Waals surface area contributed by atoms with Crippen LogP contribution in [0.3, 0.4) is 0 Å². The Morgan fingerprint density at radius 3 is 2.62 bits per heavy atom. The van der Waals surface area contributed by atoms with Crippen molar-refractivity contribution in [3.05, 3.63) is 12.7 Å². The first-order valence-corrected chi connectivity index (χ1v) is 4.11. The number of ether oxygens (including phenoxy) is 1. The SMILES string of the molecule is C=CC(=NC(=O)OCC)C(=N)CC. The highest BCUT2D eigenvalue weighted by Crippen LogP contribution is 1.92. The lowest BCUT2D eigenvalue weighted by atomic mass is 10.2. The maximum atomic E-state index is 10.9. The molecular weight excluding hydrogens is 168 g/mol. The third-order valence-corrected chi connectivity index (χ3v) is 1.34. The summed E-state index contributed by atoms with van der Waals surface area (Å²) in [4.78, 5) is 14.4. The van der Waals surface area contributed by atoms with Crippen molar-refractivity contribution >= 4 is 17.5 Å². The van der Waals surface area contributed by atoms with Gasteiger partial charge >= 0.3 is 6.09 Å². The third-order valence-electron chi connectivity index (χ3n) is 1.34. The van der Waals surface area contributed by atoms with E-state index in [0.717, 1.165) is 0 Å². The van der Waals surface area contributed by atoms with E-state index in [9.17, 15) is 4.79 Å². The molecule has 0 spiro atoms. The molecule has 0 aliphatic rings. The Kier molecular flexibility index (Phi) is 5.43. The fraction of sp³-hybridized carbons (Fsp3) is 0.444. The number of allylic oxidation sites excluding steroid dienone is 1. The summed E-state index contributed by atoms with van der Waals surface area (Å²) < 4.78 is 4.60. The predicted molar refractivity (Wildman–Crippen MR) is 52.7 cm³/mol. The summed E-state index contributed by atoms with van der Waals surface area (Å²) in [7, 11) is 0. The third kappa shape index (κ3) is 4.20. The zero-order valence-corrected chi connectivity index (χ0v) is 7.96. The first-order valence-electron chi connectivity index (χ1n) is 4.11. The maximum absolute atomic E-state index is 10.9. The minimum Gasteiger partial charge on any atom is -0.448 e. The Balaban J connectivity index is 4.46. The zero-order valence-electron chi connectivity index (χ0n) is 7.96. The van der Waals surface area contributed by atoms with Gasteiger partial charge in [0.05, 0.1) is 18.0 Å². The number of carbonyl (C=O) groups is 1. The Hall–Kier alpha value is -1.45. The summed E-state index contributed by atoms with van der Waals surface area (Å²) in [5, 5.41) is 7.41. The van der Waals surface area contributed by atoms with Crippen molar-refractivity contribution in [3.8, 4) is 0 Å². The summed E-state index contributed by atoms with van der Waals surface area (Å²) >= 11 is 0. The maximum Gasteiger partial charge on any atom is 0.434 e. The van der Waals surface area contributed by atoms with Gasteiger partial charge in [0.1, 0.15) is 0 Å². The van der Waals surface area contributed by atoms with Crippen LogP contribution in [0.15, 0.2) is 17.6 Å². The summed E-state index contributed by atoms with van der Waals surface area (Å²) in [5.74, 6) is 0. The Bertz CT molecular complexity index is 244. The lowest BCUT2D eigenvalue weighted by molar-refractivity contribution is 0.163. The van der Waals surface area contributed by atoms with Gasteiger partial charge in [-0.15, -0.1) is 0 Å². The van der Waals surface area contributed by atoms with Gasteiger partial charge in [-0.05, 0) is 19.4 Å². The smallest absolute Gasteiger partial charge is 0.434 e. The molecule has 0 atom stereocenters. The monoisotopic (exact) mass is 182 g/mol. The van der Waals surface area contributed by atoms with Gasteiger partial charge in [0.2, 0.25) is 0 Å². The minimum atomic E-state index is -0.671. The number of nitrogens with zero attached hydrogens (tertiary/aromatic N) is 1. The highest BCUT2D eigenvalue weighted by molar-refractivity contribution is 6.46. The number of nitrogens with one attached hydrogen (secondary N) is 1. The summed E-state index contributed by atoms with van der Waals surface area (Å²) in [5.41, 5.74) is 0.559. The lowest BCUT2D eigenvalue weighted by Crippen LogP contribution is -2.12. The van der Waals surface area contributed by atoms with Gasteiger partial charge in [0, 0.05) is 0 Å². The van der Waals surface area contributed by atoms with Crippen LogP contribution in [-0.2, 0) is 4.74 Å². The molecular formula is C9H14N2O2. The molecule has 0 rings (SSSR count). The van der Waals surface area contributed by atoms with E-state index in [0.29, 0.717) is 6.42 Å². The molecule has 0 heterocycles. The van der Waals surface area contributed by atoms with Crippen molar-refractivity contribution in [1.82, 2.24) is 0 Å². The molecule has 0 saturated heterocycles. The zero-order chi connectivity index (χ0) is 10.3. The number of amides is 1. The topological polar surface area (TPSA) is 62.5 Å². The number of hydrogen-bond donors (Lipinski definition) is 1. The number of rotatable bonds is 4. The van der Waals surface area contributed by atoms with Crippen LogP contribution in [0.25, 0.3) is 0 Å². The van der Waals surface area contributed by atoms with Gasteiger partial charge in [-0.2, -0.15) is 4.99 Å². The van der Waals surface area contributed by atoms with Crippen molar-refractivity contribution < 1.29 is 9.53 Å². The molecule has 4 heteroatoms. The molecule has 0 fully saturated rings. The minimum absolute atomic E-state index is 0.279. The van der Waals surface area contributed by atoms with E-state index in [1.165, 1.54) is 6.08 Å². The van der Waals surface area contributed by atoms with Crippen molar-refractivity contribution in [1.29, 1.82) is 5.41 Å². The molecule has 72 valence electrons. The van der Waals surface area contributed by atoms with Crippen molar-refractivity contribution in [2.24, 2.45) is 4.99 Å². The van der Waals surface area contributed by atoms with E-state index < -0.39 is 6.09 Å². The molecule has 0 aliphatic carbocycles. The molecule has 0 bridgehead atoms. The van der Waals surface area contributed by atoms with E-state index in [-0.39, 0.29) is 18.0 Å². The van der Waals surface area contributed by atoms with Crippen LogP contribution in [0, 0.1) is 5.41 Å². The van der Waals surface area contributed by atoms with Gasteiger partial charge in [0.15, 0.2) is 0 Å². The Labute approximate surface area is 77.8 Å². The van der Waals surface area contributed by atoms with E-state index >= 15 is 0 Å². The predicted octanol–water partition coefficient (Wildman–Crippen LogP) is 2.20. The van der Waals surface area contributed by atoms with Crippen LogP contribution in [0.1, 0.15) is 20.3 Å².